The van der Waals surface area contributed by atoms with Crippen molar-refractivity contribution in [3.63, 3.8) is 0 Å². The monoisotopic (exact) mass is 310 g/mol. The number of thioether (sulfide) groups is 1. The molecule has 0 unspecified atom stereocenters. The van der Waals surface area contributed by atoms with Gasteiger partial charge in [-0.25, -0.2) is 4.79 Å². The lowest BCUT2D eigenvalue weighted by Crippen LogP contribution is -2.36. The van der Waals surface area contributed by atoms with Crippen LogP contribution in [0, 0.1) is 0 Å². The van der Waals surface area contributed by atoms with Crippen molar-refractivity contribution in [3.8, 4) is 5.75 Å². The smallest absolute Gasteiger partial charge is 0.339 e. The molecule has 0 bridgehead atoms. The van der Waals surface area contributed by atoms with Crippen LogP contribution in [0.4, 0.5) is 10.5 Å². The molecule has 1 fully saturated rings. The average Bonchev–Trinajstić information content (AvgIpc) is 2.72. The molecule has 0 aliphatic carbocycles. The lowest BCUT2D eigenvalue weighted by Gasteiger charge is -2.13. The minimum atomic E-state index is -1.34. The first-order chi connectivity index (χ1) is 9.88. The van der Waals surface area contributed by atoms with Crippen molar-refractivity contribution in [2.45, 2.75) is 0 Å². The Morgan fingerprint density at radius 2 is 2.05 bits per heavy atom. The molecule has 110 valence electrons. The Hall–Kier alpha value is -2.55. The number of nitrogens with zero attached hydrogens (tertiary/aromatic N) is 1. The molecule has 2 rings (SSSR count). The maximum absolute atomic E-state index is 11.7. The summed E-state index contributed by atoms with van der Waals surface area (Å²) in [6, 6.07) is 3.51. The van der Waals surface area contributed by atoms with E-state index in [0.717, 1.165) is 28.8 Å². The zero-order valence-electron chi connectivity index (χ0n) is 10.5. The summed E-state index contributed by atoms with van der Waals surface area (Å²) in [5, 5.41) is 20.1. The second kappa shape index (κ2) is 5.83. The van der Waals surface area contributed by atoms with Gasteiger partial charge in [0.25, 0.3) is 5.24 Å². The highest BCUT2D eigenvalue weighted by Gasteiger charge is 2.31. The normalized spacial score (nSPS) is 14.4. The van der Waals surface area contributed by atoms with Gasteiger partial charge in [-0.2, -0.15) is 0 Å². The van der Waals surface area contributed by atoms with Crippen LogP contribution in [0.25, 0.3) is 0 Å². The third-order valence-corrected chi connectivity index (χ3v) is 3.51. The second-order valence-electron chi connectivity index (χ2n) is 4.12. The van der Waals surface area contributed by atoms with Gasteiger partial charge in [0.15, 0.2) is 0 Å². The molecule has 0 aromatic heterocycles. The fourth-order valence-electron chi connectivity index (χ4n) is 1.66. The van der Waals surface area contributed by atoms with Crippen molar-refractivity contribution in [1.82, 2.24) is 4.90 Å². The minimum Gasteiger partial charge on any atom is -0.507 e. The maximum Gasteiger partial charge on any atom is 0.339 e. The van der Waals surface area contributed by atoms with E-state index in [1.165, 1.54) is 6.07 Å². The van der Waals surface area contributed by atoms with Gasteiger partial charge in [0.05, 0.1) is 5.75 Å². The lowest BCUT2D eigenvalue weighted by atomic mass is 10.2. The van der Waals surface area contributed by atoms with Crippen molar-refractivity contribution in [1.29, 1.82) is 0 Å². The molecule has 0 radical (unpaired) electrons. The van der Waals surface area contributed by atoms with E-state index in [0.29, 0.717) is 0 Å². The number of benzene rings is 1. The van der Waals surface area contributed by atoms with Gasteiger partial charge >= 0.3 is 5.97 Å². The van der Waals surface area contributed by atoms with Gasteiger partial charge in [-0.3, -0.25) is 19.3 Å². The molecule has 1 aliphatic heterocycles. The fourth-order valence-corrected chi connectivity index (χ4v) is 2.39. The van der Waals surface area contributed by atoms with E-state index in [1.54, 1.807) is 0 Å². The third kappa shape index (κ3) is 3.31. The number of aromatic carboxylic acids is 1. The van der Waals surface area contributed by atoms with Crippen LogP contribution >= 0.6 is 11.8 Å². The van der Waals surface area contributed by atoms with Gasteiger partial charge in [0.1, 0.15) is 17.9 Å². The van der Waals surface area contributed by atoms with Gasteiger partial charge < -0.3 is 15.5 Å². The van der Waals surface area contributed by atoms with Crippen LogP contribution < -0.4 is 5.32 Å². The van der Waals surface area contributed by atoms with Gasteiger partial charge in [-0.15, -0.1) is 0 Å². The highest BCUT2D eigenvalue weighted by Crippen LogP contribution is 2.22. The first-order valence-electron chi connectivity index (χ1n) is 5.72. The summed E-state index contributed by atoms with van der Waals surface area (Å²) in [4.78, 5) is 46.1. The average molecular weight is 310 g/mol. The van der Waals surface area contributed by atoms with Crippen molar-refractivity contribution in [3.05, 3.63) is 23.8 Å². The van der Waals surface area contributed by atoms with Crippen LogP contribution in [0.2, 0.25) is 0 Å². The molecule has 1 aromatic carbocycles. The summed E-state index contributed by atoms with van der Waals surface area (Å²) in [6.45, 7) is -0.437. The van der Waals surface area contributed by atoms with Crippen LogP contribution in [-0.2, 0) is 9.59 Å². The number of carboxylic acid groups (broad SMARTS) is 1. The first-order valence-corrected chi connectivity index (χ1v) is 6.70. The summed E-state index contributed by atoms with van der Waals surface area (Å²) >= 11 is 0.817. The van der Waals surface area contributed by atoms with Crippen molar-refractivity contribution < 1.29 is 29.4 Å². The Morgan fingerprint density at radius 3 is 2.62 bits per heavy atom. The van der Waals surface area contributed by atoms with Crippen molar-refractivity contribution in [2.24, 2.45) is 0 Å². The predicted octanol–water partition coefficient (Wildman–Crippen LogP) is 0.724. The molecular weight excluding hydrogens is 300 g/mol. The highest BCUT2D eigenvalue weighted by atomic mass is 32.2. The number of phenols is 1. The van der Waals surface area contributed by atoms with Crippen molar-refractivity contribution >= 4 is 40.5 Å². The molecule has 21 heavy (non-hydrogen) atoms. The summed E-state index contributed by atoms with van der Waals surface area (Å²) < 4.78 is 0. The number of carboxylic acids is 1. The SMILES string of the molecule is O=C(CN1C(=O)CSC1=O)Nc1ccc(O)c(C(=O)O)c1. The molecule has 3 amide bonds. The van der Waals surface area contributed by atoms with Crippen LogP contribution in [0.15, 0.2) is 18.2 Å². The van der Waals surface area contributed by atoms with Crippen LogP contribution in [-0.4, -0.2) is 50.4 Å². The zero-order chi connectivity index (χ0) is 15.6. The Balaban J connectivity index is 2.06. The number of amides is 3. The molecule has 1 aromatic rings. The van der Waals surface area contributed by atoms with E-state index >= 15 is 0 Å². The zero-order valence-corrected chi connectivity index (χ0v) is 11.3. The fraction of sp³-hybridized carbons (Fsp3) is 0.167. The van der Waals surface area contributed by atoms with Gasteiger partial charge in [-0.05, 0) is 18.2 Å². The largest absolute Gasteiger partial charge is 0.507 e. The maximum atomic E-state index is 11.7. The van der Waals surface area contributed by atoms with E-state index < -0.39 is 35.3 Å². The number of rotatable bonds is 4. The number of aromatic hydroxyl groups is 1. The number of anilines is 1. The van der Waals surface area contributed by atoms with Crippen molar-refractivity contribution in [2.75, 3.05) is 17.6 Å². The molecule has 3 N–H and O–H groups in total. The summed E-state index contributed by atoms with van der Waals surface area (Å²) in [7, 11) is 0. The standard InChI is InChI=1S/C12H10N2O6S/c15-8-2-1-6(3-7(8)11(18)19)13-9(16)4-14-10(17)5-21-12(14)20/h1-3,15H,4-5H2,(H,13,16)(H,18,19). The molecule has 0 atom stereocenters. The molecule has 1 heterocycles. The van der Waals surface area contributed by atoms with Gasteiger partial charge in [0, 0.05) is 5.69 Å². The third-order valence-electron chi connectivity index (χ3n) is 2.65. The molecule has 9 heteroatoms. The van der Waals surface area contributed by atoms with Gasteiger partial charge in [-0.1, -0.05) is 11.8 Å². The Labute approximate surface area is 122 Å². The van der Waals surface area contributed by atoms with Crippen LogP contribution in [0.5, 0.6) is 5.75 Å². The molecule has 0 spiro atoms. The van der Waals surface area contributed by atoms with E-state index in [4.69, 9.17) is 5.11 Å². The van der Waals surface area contributed by atoms with E-state index in [1.807, 2.05) is 0 Å². The lowest BCUT2D eigenvalue weighted by molar-refractivity contribution is -0.128. The van der Waals surface area contributed by atoms with E-state index in [-0.39, 0.29) is 17.0 Å². The number of carbonyl (C=O) groups is 4. The molecule has 0 saturated carbocycles. The molecule has 1 aliphatic rings. The number of hydrogen-bond donors (Lipinski definition) is 3. The Bertz CT molecular complexity index is 629. The predicted molar refractivity (Wildman–Crippen MR) is 73.3 cm³/mol. The summed E-state index contributed by atoms with van der Waals surface area (Å²) in [5.41, 5.74) is -0.223. The Kier molecular flexibility index (Phi) is 4.13. The number of hydrogen-bond acceptors (Lipinski definition) is 6. The number of carbonyl (C=O) groups excluding carboxylic acids is 3. The van der Waals surface area contributed by atoms with E-state index in [2.05, 4.69) is 5.32 Å². The van der Waals surface area contributed by atoms with Crippen LogP contribution in [0.3, 0.4) is 0 Å². The number of nitrogens with one attached hydrogen (secondary N) is 1. The Morgan fingerprint density at radius 1 is 1.33 bits per heavy atom. The summed E-state index contributed by atoms with van der Waals surface area (Å²) in [6.07, 6.45) is 0. The molecule has 1 saturated heterocycles. The topological polar surface area (TPSA) is 124 Å². The number of imide groups is 1. The van der Waals surface area contributed by atoms with E-state index in [9.17, 15) is 24.3 Å². The van der Waals surface area contributed by atoms with Gasteiger partial charge in [0.2, 0.25) is 11.8 Å². The quantitative estimate of drug-likeness (QED) is 0.700. The van der Waals surface area contributed by atoms with Crippen LogP contribution in [0.1, 0.15) is 10.4 Å². The first kappa shape index (κ1) is 14.9. The summed E-state index contributed by atoms with van der Waals surface area (Å²) in [5.74, 6) is -2.85. The minimum absolute atomic E-state index is 0.00842. The second-order valence-corrected chi connectivity index (χ2v) is 5.05. The molecular formula is C12H10N2O6S. The molecule has 8 nitrogen and oxygen atoms in total. The highest BCUT2D eigenvalue weighted by molar-refractivity contribution is 8.14.